The summed E-state index contributed by atoms with van der Waals surface area (Å²) in [7, 11) is 0. The standard InChI is InChI=1S/C20H19ClN2O2/c1-12(2)18(19(24)15-9-7-14(11-22)8-10-15)23-20(25)17-13(3)5-4-6-16(17)21/h4-10,12,18H,1-3H3,(H,23,25). The van der Waals surface area contributed by atoms with Crippen LogP contribution in [0.5, 0.6) is 0 Å². The highest BCUT2D eigenvalue weighted by Gasteiger charge is 2.27. The van der Waals surface area contributed by atoms with Gasteiger partial charge >= 0.3 is 0 Å². The van der Waals surface area contributed by atoms with Gasteiger partial charge in [-0.2, -0.15) is 5.26 Å². The van der Waals surface area contributed by atoms with E-state index in [0.29, 0.717) is 21.7 Å². The maximum absolute atomic E-state index is 12.8. The van der Waals surface area contributed by atoms with Crippen LogP contribution in [-0.4, -0.2) is 17.7 Å². The van der Waals surface area contributed by atoms with Gasteiger partial charge in [0, 0.05) is 5.56 Å². The molecule has 0 aliphatic heterocycles. The van der Waals surface area contributed by atoms with Crippen molar-refractivity contribution in [2.45, 2.75) is 26.8 Å². The topological polar surface area (TPSA) is 70.0 Å². The van der Waals surface area contributed by atoms with Gasteiger partial charge in [0.05, 0.1) is 28.3 Å². The van der Waals surface area contributed by atoms with E-state index in [9.17, 15) is 9.59 Å². The minimum atomic E-state index is -0.684. The van der Waals surface area contributed by atoms with Crippen LogP contribution >= 0.6 is 11.6 Å². The summed E-state index contributed by atoms with van der Waals surface area (Å²) in [5.41, 5.74) is 2.06. The molecule has 1 N–H and O–H groups in total. The van der Waals surface area contributed by atoms with E-state index in [1.165, 1.54) is 0 Å². The van der Waals surface area contributed by atoms with Crippen molar-refractivity contribution in [3.05, 3.63) is 69.7 Å². The molecule has 0 aliphatic rings. The molecule has 0 aromatic heterocycles. The first-order valence-electron chi connectivity index (χ1n) is 7.95. The van der Waals surface area contributed by atoms with Crippen LogP contribution < -0.4 is 5.32 Å². The Kier molecular flexibility index (Phi) is 5.95. The van der Waals surface area contributed by atoms with Crippen LogP contribution in [-0.2, 0) is 0 Å². The second kappa shape index (κ2) is 7.96. The van der Waals surface area contributed by atoms with Crippen LogP contribution in [0.3, 0.4) is 0 Å². The Bertz CT molecular complexity index is 816. The lowest BCUT2D eigenvalue weighted by Crippen LogP contribution is -2.44. The fourth-order valence-corrected chi connectivity index (χ4v) is 2.86. The van der Waals surface area contributed by atoms with E-state index < -0.39 is 6.04 Å². The van der Waals surface area contributed by atoms with E-state index in [1.807, 2.05) is 19.9 Å². The van der Waals surface area contributed by atoms with Crippen LogP contribution in [0.4, 0.5) is 0 Å². The zero-order valence-electron chi connectivity index (χ0n) is 14.3. The maximum Gasteiger partial charge on any atom is 0.253 e. The van der Waals surface area contributed by atoms with Crippen molar-refractivity contribution >= 4 is 23.3 Å². The molecule has 0 bridgehead atoms. The van der Waals surface area contributed by atoms with Gasteiger partial charge in [0.1, 0.15) is 0 Å². The minimum Gasteiger partial charge on any atom is -0.342 e. The van der Waals surface area contributed by atoms with Gasteiger partial charge < -0.3 is 5.32 Å². The summed E-state index contributed by atoms with van der Waals surface area (Å²) in [6.45, 7) is 5.53. The van der Waals surface area contributed by atoms with Crippen LogP contribution in [0.15, 0.2) is 42.5 Å². The molecule has 25 heavy (non-hydrogen) atoms. The Labute approximate surface area is 152 Å². The SMILES string of the molecule is Cc1cccc(Cl)c1C(=O)NC(C(=O)c1ccc(C#N)cc1)C(C)C. The van der Waals surface area contributed by atoms with Crippen molar-refractivity contribution in [1.82, 2.24) is 5.32 Å². The third kappa shape index (κ3) is 4.26. The first kappa shape index (κ1) is 18.7. The quantitative estimate of drug-likeness (QED) is 0.819. The molecule has 1 atom stereocenters. The zero-order chi connectivity index (χ0) is 18.6. The van der Waals surface area contributed by atoms with E-state index in [1.54, 1.807) is 49.4 Å². The first-order chi connectivity index (χ1) is 11.8. The Morgan fingerprint density at radius 1 is 1.12 bits per heavy atom. The predicted octanol–water partition coefficient (Wildman–Crippen LogP) is 4.16. The van der Waals surface area contributed by atoms with Gasteiger partial charge in [-0.1, -0.05) is 49.7 Å². The number of nitriles is 1. The maximum atomic E-state index is 12.8. The molecule has 0 saturated carbocycles. The van der Waals surface area contributed by atoms with Crippen LogP contribution in [0.2, 0.25) is 5.02 Å². The number of hydrogen-bond donors (Lipinski definition) is 1. The van der Waals surface area contributed by atoms with Crippen molar-refractivity contribution in [1.29, 1.82) is 5.26 Å². The summed E-state index contributed by atoms with van der Waals surface area (Å²) in [5, 5.41) is 12.0. The van der Waals surface area contributed by atoms with Crippen molar-refractivity contribution in [3.63, 3.8) is 0 Å². The van der Waals surface area contributed by atoms with Gasteiger partial charge in [-0.15, -0.1) is 0 Å². The van der Waals surface area contributed by atoms with Crippen LogP contribution in [0.1, 0.15) is 45.7 Å². The number of nitrogens with zero attached hydrogens (tertiary/aromatic N) is 1. The highest BCUT2D eigenvalue weighted by Crippen LogP contribution is 2.20. The third-order valence-electron chi connectivity index (χ3n) is 3.98. The van der Waals surface area contributed by atoms with Crippen molar-refractivity contribution < 1.29 is 9.59 Å². The number of nitrogens with one attached hydrogen (secondary N) is 1. The zero-order valence-corrected chi connectivity index (χ0v) is 15.1. The number of Topliss-reactive ketones (excluding diaryl/α,β-unsaturated/α-hetero) is 1. The summed E-state index contributed by atoms with van der Waals surface area (Å²) < 4.78 is 0. The van der Waals surface area contributed by atoms with Gasteiger partial charge in [0.15, 0.2) is 5.78 Å². The van der Waals surface area contributed by atoms with Crippen molar-refractivity contribution in [2.24, 2.45) is 5.92 Å². The third-order valence-corrected chi connectivity index (χ3v) is 4.30. The fraction of sp³-hybridized carbons (Fsp3) is 0.250. The Morgan fingerprint density at radius 2 is 1.76 bits per heavy atom. The monoisotopic (exact) mass is 354 g/mol. The molecular weight excluding hydrogens is 336 g/mol. The molecule has 2 aromatic carbocycles. The van der Waals surface area contributed by atoms with Crippen LogP contribution in [0, 0.1) is 24.2 Å². The molecule has 1 amide bonds. The van der Waals surface area contributed by atoms with E-state index in [2.05, 4.69) is 5.32 Å². The number of carbonyl (C=O) groups is 2. The number of halogens is 1. The predicted molar refractivity (Wildman–Crippen MR) is 97.8 cm³/mol. The molecular formula is C20H19ClN2O2. The van der Waals surface area contributed by atoms with Gasteiger partial charge in [0.25, 0.3) is 5.91 Å². The number of rotatable bonds is 5. The Hall–Kier alpha value is -2.64. The highest BCUT2D eigenvalue weighted by atomic mass is 35.5. The van der Waals surface area contributed by atoms with Gasteiger partial charge in [-0.05, 0) is 36.6 Å². The lowest BCUT2D eigenvalue weighted by molar-refractivity contribution is 0.0831. The summed E-state index contributed by atoms with van der Waals surface area (Å²) in [4.78, 5) is 25.4. The van der Waals surface area contributed by atoms with E-state index in [0.717, 1.165) is 5.56 Å². The molecule has 0 fully saturated rings. The largest absolute Gasteiger partial charge is 0.342 e. The smallest absolute Gasteiger partial charge is 0.253 e. The summed E-state index contributed by atoms with van der Waals surface area (Å²) >= 11 is 6.14. The second-order valence-corrected chi connectivity index (χ2v) is 6.59. The van der Waals surface area contributed by atoms with E-state index in [4.69, 9.17) is 16.9 Å². The number of aryl methyl sites for hydroxylation is 1. The molecule has 1 unspecified atom stereocenters. The molecule has 0 aliphatic carbocycles. The van der Waals surface area contributed by atoms with Gasteiger partial charge in [0.2, 0.25) is 0 Å². The molecule has 128 valence electrons. The van der Waals surface area contributed by atoms with Crippen molar-refractivity contribution in [3.8, 4) is 6.07 Å². The molecule has 0 saturated heterocycles. The molecule has 5 heteroatoms. The molecule has 0 spiro atoms. The summed E-state index contributed by atoms with van der Waals surface area (Å²) in [6, 6.07) is 12.9. The minimum absolute atomic E-state index is 0.102. The van der Waals surface area contributed by atoms with E-state index >= 15 is 0 Å². The number of carbonyl (C=O) groups excluding carboxylic acids is 2. The number of amides is 1. The second-order valence-electron chi connectivity index (χ2n) is 6.18. The van der Waals surface area contributed by atoms with Crippen LogP contribution in [0.25, 0.3) is 0 Å². The average Bonchev–Trinajstić information content (AvgIpc) is 2.58. The lowest BCUT2D eigenvalue weighted by Gasteiger charge is -2.22. The molecule has 4 nitrogen and oxygen atoms in total. The lowest BCUT2D eigenvalue weighted by atomic mass is 9.94. The average molecular weight is 355 g/mol. The summed E-state index contributed by atoms with van der Waals surface area (Å²) in [5.74, 6) is -0.670. The molecule has 0 radical (unpaired) electrons. The van der Waals surface area contributed by atoms with Gasteiger partial charge in [-0.25, -0.2) is 0 Å². The summed E-state index contributed by atoms with van der Waals surface area (Å²) in [6.07, 6.45) is 0. The van der Waals surface area contributed by atoms with Crippen molar-refractivity contribution in [2.75, 3.05) is 0 Å². The number of hydrogen-bond acceptors (Lipinski definition) is 3. The number of benzene rings is 2. The molecule has 0 heterocycles. The first-order valence-corrected chi connectivity index (χ1v) is 8.33. The molecule has 2 aromatic rings. The van der Waals surface area contributed by atoms with E-state index in [-0.39, 0.29) is 17.6 Å². The Morgan fingerprint density at radius 3 is 2.28 bits per heavy atom. The molecule has 2 rings (SSSR count). The normalized spacial score (nSPS) is 11.7. The van der Waals surface area contributed by atoms with Gasteiger partial charge in [-0.3, -0.25) is 9.59 Å². The Balaban J connectivity index is 2.27. The highest BCUT2D eigenvalue weighted by molar-refractivity contribution is 6.34. The number of ketones is 1. The fourth-order valence-electron chi connectivity index (χ4n) is 2.56.